The van der Waals surface area contributed by atoms with Crippen LogP contribution in [0.4, 0.5) is 11.4 Å². The molecule has 0 fully saturated rings. The third-order valence-electron chi connectivity index (χ3n) is 3.21. The van der Waals surface area contributed by atoms with Crippen LogP contribution in [-0.2, 0) is 4.79 Å². The van der Waals surface area contributed by atoms with Gasteiger partial charge in [-0.1, -0.05) is 29.8 Å². The van der Waals surface area contributed by atoms with E-state index in [1.807, 2.05) is 35.5 Å². The highest BCUT2D eigenvalue weighted by molar-refractivity contribution is 5.89. The number of nitrogens with one attached hydrogen (secondary N) is 1. The second kappa shape index (κ2) is 7.41. The van der Waals surface area contributed by atoms with E-state index in [4.69, 9.17) is 0 Å². The first-order chi connectivity index (χ1) is 10.6. The lowest BCUT2D eigenvalue weighted by atomic mass is 10.2. The monoisotopic (exact) mass is 295 g/mol. The van der Waals surface area contributed by atoms with Crippen LogP contribution in [0.3, 0.4) is 0 Å². The standard InChI is InChI=1S/C18H21N3O/c1-4-21(18-11-5-14(2)6-12-18)19-13-16-7-9-17(10-8-16)20-15(3)22/h5-13H,4H2,1-3H3,(H,20,22). The van der Waals surface area contributed by atoms with Crippen LogP contribution in [0.1, 0.15) is 25.0 Å². The first-order valence-electron chi connectivity index (χ1n) is 7.34. The maximum Gasteiger partial charge on any atom is 0.221 e. The molecule has 0 spiro atoms. The number of carbonyl (C=O) groups excluding carboxylic acids is 1. The van der Waals surface area contributed by atoms with Crippen molar-refractivity contribution in [2.45, 2.75) is 20.8 Å². The quantitative estimate of drug-likeness (QED) is 0.673. The van der Waals surface area contributed by atoms with Crippen molar-refractivity contribution in [1.29, 1.82) is 0 Å². The van der Waals surface area contributed by atoms with Crippen LogP contribution < -0.4 is 10.3 Å². The van der Waals surface area contributed by atoms with E-state index in [1.54, 1.807) is 0 Å². The molecule has 114 valence electrons. The Balaban J connectivity index is 2.08. The van der Waals surface area contributed by atoms with E-state index in [1.165, 1.54) is 12.5 Å². The summed E-state index contributed by atoms with van der Waals surface area (Å²) < 4.78 is 0. The molecule has 0 aromatic heterocycles. The van der Waals surface area contributed by atoms with Crippen LogP contribution in [0.25, 0.3) is 0 Å². The second-order valence-corrected chi connectivity index (χ2v) is 5.10. The highest BCUT2D eigenvalue weighted by atomic mass is 16.1. The SMILES string of the molecule is CCN(N=Cc1ccc(NC(C)=O)cc1)c1ccc(C)cc1. The number of hydrogen-bond acceptors (Lipinski definition) is 3. The zero-order chi connectivity index (χ0) is 15.9. The molecule has 4 heteroatoms. The average Bonchev–Trinajstić information content (AvgIpc) is 2.50. The molecule has 0 aliphatic carbocycles. The fourth-order valence-electron chi connectivity index (χ4n) is 2.04. The Kier molecular flexibility index (Phi) is 5.31. The summed E-state index contributed by atoms with van der Waals surface area (Å²) in [6.45, 7) is 6.43. The minimum Gasteiger partial charge on any atom is -0.326 e. The molecule has 0 heterocycles. The fraction of sp³-hybridized carbons (Fsp3) is 0.222. The van der Waals surface area contributed by atoms with E-state index in [2.05, 4.69) is 48.5 Å². The number of rotatable bonds is 5. The van der Waals surface area contributed by atoms with Gasteiger partial charge in [0.1, 0.15) is 0 Å². The molecule has 0 unspecified atom stereocenters. The zero-order valence-corrected chi connectivity index (χ0v) is 13.2. The lowest BCUT2D eigenvalue weighted by Crippen LogP contribution is -2.15. The summed E-state index contributed by atoms with van der Waals surface area (Å²) in [5.74, 6) is -0.0713. The van der Waals surface area contributed by atoms with Crippen molar-refractivity contribution in [2.75, 3.05) is 16.9 Å². The van der Waals surface area contributed by atoms with Crippen molar-refractivity contribution < 1.29 is 4.79 Å². The molecule has 0 aliphatic heterocycles. The molecule has 0 saturated heterocycles. The maximum absolute atomic E-state index is 11.0. The number of hydrazone groups is 1. The molecule has 1 amide bonds. The first-order valence-corrected chi connectivity index (χ1v) is 7.34. The second-order valence-electron chi connectivity index (χ2n) is 5.10. The summed E-state index contributed by atoms with van der Waals surface area (Å²) in [6.07, 6.45) is 1.82. The molecule has 2 aromatic rings. The van der Waals surface area contributed by atoms with Gasteiger partial charge in [-0.05, 0) is 43.7 Å². The molecule has 4 nitrogen and oxygen atoms in total. The normalized spacial score (nSPS) is 10.7. The molecule has 0 aliphatic rings. The Morgan fingerprint density at radius 3 is 2.32 bits per heavy atom. The van der Waals surface area contributed by atoms with Crippen molar-refractivity contribution in [3.05, 3.63) is 59.7 Å². The molecular weight excluding hydrogens is 274 g/mol. The van der Waals surface area contributed by atoms with E-state index in [9.17, 15) is 4.79 Å². The van der Waals surface area contributed by atoms with Gasteiger partial charge in [-0.15, -0.1) is 0 Å². The fourth-order valence-corrected chi connectivity index (χ4v) is 2.04. The average molecular weight is 295 g/mol. The van der Waals surface area contributed by atoms with Gasteiger partial charge in [-0.2, -0.15) is 5.10 Å². The van der Waals surface area contributed by atoms with Crippen LogP contribution in [0.2, 0.25) is 0 Å². The highest BCUT2D eigenvalue weighted by Gasteiger charge is 2.01. The summed E-state index contributed by atoms with van der Waals surface area (Å²) in [7, 11) is 0. The number of anilines is 2. The number of aryl methyl sites for hydroxylation is 1. The van der Waals surface area contributed by atoms with Crippen molar-refractivity contribution in [1.82, 2.24) is 0 Å². The van der Waals surface area contributed by atoms with Gasteiger partial charge in [-0.25, -0.2) is 0 Å². The Labute approximate surface area is 131 Å². The van der Waals surface area contributed by atoms with Gasteiger partial charge in [0.15, 0.2) is 0 Å². The molecule has 2 rings (SSSR count). The summed E-state index contributed by atoms with van der Waals surface area (Å²) in [4.78, 5) is 11.0. The molecule has 1 N–H and O–H groups in total. The van der Waals surface area contributed by atoms with Gasteiger partial charge in [0.05, 0.1) is 11.9 Å². The van der Waals surface area contributed by atoms with E-state index in [0.717, 1.165) is 23.5 Å². The smallest absolute Gasteiger partial charge is 0.221 e. The highest BCUT2D eigenvalue weighted by Crippen LogP contribution is 2.15. The number of benzene rings is 2. The van der Waals surface area contributed by atoms with Crippen LogP contribution in [-0.4, -0.2) is 18.7 Å². The van der Waals surface area contributed by atoms with Crippen LogP contribution in [0.15, 0.2) is 53.6 Å². The Morgan fingerprint density at radius 2 is 1.77 bits per heavy atom. The maximum atomic E-state index is 11.0. The van der Waals surface area contributed by atoms with Crippen molar-refractivity contribution in [3.8, 4) is 0 Å². The van der Waals surface area contributed by atoms with Gasteiger partial charge in [-0.3, -0.25) is 9.80 Å². The summed E-state index contributed by atoms with van der Waals surface area (Å²) in [5, 5.41) is 9.21. The number of hydrogen-bond donors (Lipinski definition) is 1. The number of amides is 1. The topological polar surface area (TPSA) is 44.7 Å². The summed E-state index contributed by atoms with van der Waals surface area (Å²) in [6, 6.07) is 15.9. The van der Waals surface area contributed by atoms with Gasteiger partial charge in [0, 0.05) is 19.2 Å². The Hall–Kier alpha value is -2.62. The minimum absolute atomic E-state index is 0.0713. The predicted molar refractivity (Wildman–Crippen MR) is 92.5 cm³/mol. The third kappa shape index (κ3) is 4.45. The molecule has 0 bridgehead atoms. The van der Waals surface area contributed by atoms with Gasteiger partial charge >= 0.3 is 0 Å². The minimum atomic E-state index is -0.0713. The molecule has 0 saturated carbocycles. The lowest BCUT2D eigenvalue weighted by Gasteiger charge is -2.16. The predicted octanol–water partition coefficient (Wildman–Crippen LogP) is 3.81. The van der Waals surface area contributed by atoms with Gasteiger partial charge in [0.25, 0.3) is 0 Å². The number of nitrogens with zero attached hydrogens (tertiary/aromatic N) is 2. The summed E-state index contributed by atoms with van der Waals surface area (Å²) in [5.41, 5.74) is 4.08. The molecule has 22 heavy (non-hydrogen) atoms. The van der Waals surface area contributed by atoms with E-state index in [0.29, 0.717) is 0 Å². The van der Waals surface area contributed by atoms with Crippen LogP contribution in [0, 0.1) is 6.92 Å². The van der Waals surface area contributed by atoms with E-state index < -0.39 is 0 Å². The van der Waals surface area contributed by atoms with Gasteiger partial charge in [0.2, 0.25) is 5.91 Å². The van der Waals surface area contributed by atoms with E-state index in [-0.39, 0.29) is 5.91 Å². The zero-order valence-electron chi connectivity index (χ0n) is 13.2. The molecule has 0 radical (unpaired) electrons. The first kappa shape index (κ1) is 15.8. The summed E-state index contributed by atoms with van der Waals surface area (Å²) >= 11 is 0. The van der Waals surface area contributed by atoms with Crippen molar-refractivity contribution >= 4 is 23.5 Å². The Bertz CT molecular complexity index is 645. The largest absolute Gasteiger partial charge is 0.326 e. The van der Waals surface area contributed by atoms with Crippen molar-refractivity contribution in [3.63, 3.8) is 0 Å². The molecule has 0 atom stereocenters. The van der Waals surface area contributed by atoms with E-state index >= 15 is 0 Å². The Morgan fingerprint density at radius 1 is 1.14 bits per heavy atom. The van der Waals surface area contributed by atoms with Gasteiger partial charge < -0.3 is 5.32 Å². The molecular formula is C18H21N3O. The van der Waals surface area contributed by atoms with Crippen LogP contribution in [0.5, 0.6) is 0 Å². The lowest BCUT2D eigenvalue weighted by molar-refractivity contribution is -0.114. The number of carbonyl (C=O) groups is 1. The third-order valence-corrected chi connectivity index (χ3v) is 3.21. The van der Waals surface area contributed by atoms with Crippen LogP contribution >= 0.6 is 0 Å². The molecule has 2 aromatic carbocycles. The van der Waals surface area contributed by atoms with Crippen molar-refractivity contribution in [2.24, 2.45) is 5.10 Å².